The number of thiocarbonyl (C=S) groups is 1. The smallest absolute Gasteiger partial charge is 0.262 e. The molecule has 3 aromatic rings. The number of ether oxygens (including phenoxy) is 1. The quantitative estimate of drug-likeness (QED) is 0.345. The van der Waals surface area contributed by atoms with Crippen LogP contribution in [0.4, 0.5) is 11.4 Å². The molecular formula is C28H31N3O3S. The van der Waals surface area contributed by atoms with Crippen molar-refractivity contribution in [3.05, 3.63) is 90.0 Å². The van der Waals surface area contributed by atoms with E-state index in [-0.39, 0.29) is 29.5 Å². The number of amides is 2. The molecule has 0 aromatic heterocycles. The Balaban J connectivity index is 1.49. The SMILES string of the molecule is CC(C)Cc1ccc(C(C)C(=O)NC(=S)Nc2cccc(NC(=O)COc3ccccc3)c2)cc1. The van der Waals surface area contributed by atoms with Gasteiger partial charge in [-0.15, -0.1) is 0 Å². The summed E-state index contributed by atoms with van der Waals surface area (Å²) in [6, 6.07) is 24.3. The molecule has 0 fully saturated rings. The first-order chi connectivity index (χ1) is 16.8. The van der Waals surface area contributed by atoms with Gasteiger partial charge < -0.3 is 20.7 Å². The number of carbonyl (C=O) groups is 2. The van der Waals surface area contributed by atoms with Gasteiger partial charge in [0.1, 0.15) is 5.75 Å². The maximum absolute atomic E-state index is 12.7. The van der Waals surface area contributed by atoms with Crippen molar-refractivity contribution in [3.8, 4) is 5.75 Å². The highest BCUT2D eigenvalue weighted by atomic mass is 32.1. The lowest BCUT2D eigenvalue weighted by Gasteiger charge is -2.15. The molecule has 0 saturated heterocycles. The topological polar surface area (TPSA) is 79.5 Å². The summed E-state index contributed by atoms with van der Waals surface area (Å²) in [5, 5.41) is 8.72. The molecule has 0 bridgehead atoms. The van der Waals surface area contributed by atoms with Crippen molar-refractivity contribution >= 4 is 40.5 Å². The van der Waals surface area contributed by atoms with Gasteiger partial charge in [-0.2, -0.15) is 0 Å². The molecular weight excluding hydrogens is 458 g/mol. The standard InChI is InChI=1S/C28H31N3O3S/c1-19(2)16-21-12-14-22(15-13-21)20(3)27(33)31-28(35)30-24-9-7-8-23(17-24)29-26(32)18-34-25-10-5-4-6-11-25/h4-15,17,19-20H,16,18H2,1-3H3,(H,29,32)(H2,30,31,33,35). The summed E-state index contributed by atoms with van der Waals surface area (Å²) in [4.78, 5) is 24.9. The van der Waals surface area contributed by atoms with Gasteiger partial charge in [0, 0.05) is 11.4 Å². The average molecular weight is 490 g/mol. The number of hydrogen-bond donors (Lipinski definition) is 3. The number of benzene rings is 3. The maximum Gasteiger partial charge on any atom is 0.262 e. The summed E-state index contributed by atoms with van der Waals surface area (Å²) in [6.45, 7) is 6.11. The van der Waals surface area contributed by atoms with E-state index in [1.54, 1.807) is 36.4 Å². The van der Waals surface area contributed by atoms with Crippen LogP contribution in [0.5, 0.6) is 5.75 Å². The third kappa shape index (κ3) is 8.54. The second-order valence-corrected chi connectivity index (χ2v) is 9.14. The molecule has 3 N–H and O–H groups in total. The van der Waals surface area contributed by atoms with Crippen LogP contribution in [-0.4, -0.2) is 23.5 Å². The van der Waals surface area contributed by atoms with Gasteiger partial charge in [0.05, 0.1) is 5.92 Å². The third-order valence-electron chi connectivity index (χ3n) is 5.27. The Morgan fingerprint density at radius 3 is 2.17 bits per heavy atom. The van der Waals surface area contributed by atoms with Gasteiger partial charge in [-0.1, -0.05) is 62.4 Å². The minimum atomic E-state index is -0.349. The predicted molar refractivity (Wildman–Crippen MR) is 145 cm³/mol. The first-order valence-electron chi connectivity index (χ1n) is 11.6. The Kier molecular flexibility index (Phi) is 9.38. The fourth-order valence-electron chi connectivity index (χ4n) is 3.49. The van der Waals surface area contributed by atoms with E-state index in [1.807, 2.05) is 37.3 Å². The van der Waals surface area contributed by atoms with Crippen LogP contribution in [0.1, 0.15) is 37.8 Å². The Morgan fingerprint density at radius 1 is 0.857 bits per heavy atom. The van der Waals surface area contributed by atoms with E-state index in [4.69, 9.17) is 17.0 Å². The molecule has 1 atom stereocenters. The van der Waals surface area contributed by atoms with Crippen LogP contribution < -0.4 is 20.7 Å². The molecule has 35 heavy (non-hydrogen) atoms. The maximum atomic E-state index is 12.7. The zero-order chi connectivity index (χ0) is 25.2. The molecule has 0 saturated carbocycles. The van der Waals surface area contributed by atoms with Crippen molar-refractivity contribution in [3.63, 3.8) is 0 Å². The lowest BCUT2D eigenvalue weighted by atomic mass is 9.96. The van der Waals surface area contributed by atoms with Crippen molar-refractivity contribution in [1.29, 1.82) is 0 Å². The predicted octanol–water partition coefficient (Wildman–Crippen LogP) is 5.52. The summed E-state index contributed by atoms with van der Waals surface area (Å²) < 4.78 is 5.46. The highest BCUT2D eigenvalue weighted by Crippen LogP contribution is 2.19. The number of carbonyl (C=O) groups excluding carboxylic acids is 2. The third-order valence-corrected chi connectivity index (χ3v) is 5.48. The van der Waals surface area contributed by atoms with Crippen LogP contribution in [0, 0.1) is 5.92 Å². The molecule has 182 valence electrons. The molecule has 6 nitrogen and oxygen atoms in total. The molecule has 7 heteroatoms. The molecule has 1 unspecified atom stereocenters. The molecule has 3 rings (SSSR count). The van der Waals surface area contributed by atoms with Gasteiger partial charge in [-0.3, -0.25) is 9.59 Å². The highest BCUT2D eigenvalue weighted by Gasteiger charge is 2.16. The van der Waals surface area contributed by atoms with E-state index in [1.165, 1.54) is 5.56 Å². The Hall–Kier alpha value is -3.71. The van der Waals surface area contributed by atoms with Crippen molar-refractivity contribution in [2.45, 2.75) is 33.1 Å². The number of anilines is 2. The summed E-state index contributed by atoms with van der Waals surface area (Å²) in [7, 11) is 0. The van der Waals surface area contributed by atoms with Crippen molar-refractivity contribution in [2.75, 3.05) is 17.2 Å². The molecule has 0 aliphatic rings. The van der Waals surface area contributed by atoms with E-state index in [2.05, 4.69) is 41.9 Å². The minimum Gasteiger partial charge on any atom is -0.484 e. The van der Waals surface area contributed by atoms with Gasteiger partial charge in [-0.05, 0) is 72.9 Å². The molecule has 0 aliphatic heterocycles. The molecule has 2 amide bonds. The van der Waals surface area contributed by atoms with Crippen LogP contribution in [0.2, 0.25) is 0 Å². The van der Waals surface area contributed by atoms with E-state index in [0.717, 1.165) is 12.0 Å². The lowest BCUT2D eigenvalue weighted by molar-refractivity contribution is -0.120. The Morgan fingerprint density at radius 2 is 1.51 bits per heavy atom. The van der Waals surface area contributed by atoms with Gasteiger partial charge in [0.15, 0.2) is 11.7 Å². The van der Waals surface area contributed by atoms with Crippen LogP contribution in [0.25, 0.3) is 0 Å². The second kappa shape index (κ2) is 12.7. The van der Waals surface area contributed by atoms with Crippen LogP contribution in [0.15, 0.2) is 78.9 Å². The summed E-state index contributed by atoms with van der Waals surface area (Å²) in [5.74, 6) is 0.384. The highest BCUT2D eigenvalue weighted by molar-refractivity contribution is 7.80. The number of nitrogens with one attached hydrogen (secondary N) is 3. The number of rotatable bonds is 9. The largest absolute Gasteiger partial charge is 0.484 e. The van der Waals surface area contributed by atoms with Crippen molar-refractivity contribution in [2.24, 2.45) is 5.92 Å². The zero-order valence-corrected chi connectivity index (χ0v) is 21.0. The van der Waals surface area contributed by atoms with E-state index < -0.39 is 0 Å². The Bertz CT molecular complexity index is 1150. The molecule has 0 heterocycles. The first kappa shape index (κ1) is 25.9. The van der Waals surface area contributed by atoms with Gasteiger partial charge in [-0.25, -0.2) is 0 Å². The second-order valence-electron chi connectivity index (χ2n) is 8.74. The normalized spacial score (nSPS) is 11.4. The number of para-hydroxylation sites is 1. The minimum absolute atomic E-state index is 0.105. The first-order valence-corrected chi connectivity index (χ1v) is 12.0. The summed E-state index contributed by atoms with van der Waals surface area (Å²) in [6.07, 6.45) is 1.01. The Labute approximate surface area is 212 Å². The summed E-state index contributed by atoms with van der Waals surface area (Å²) in [5.41, 5.74) is 3.41. The van der Waals surface area contributed by atoms with Crippen LogP contribution in [0.3, 0.4) is 0 Å². The van der Waals surface area contributed by atoms with Gasteiger partial charge >= 0.3 is 0 Å². The van der Waals surface area contributed by atoms with Crippen molar-refractivity contribution in [1.82, 2.24) is 5.32 Å². The van der Waals surface area contributed by atoms with Crippen LogP contribution in [-0.2, 0) is 16.0 Å². The lowest BCUT2D eigenvalue weighted by Crippen LogP contribution is -2.36. The van der Waals surface area contributed by atoms with Crippen molar-refractivity contribution < 1.29 is 14.3 Å². The fraction of sp³-hybridized carbons (Fsp3) is 0.250. The average Bonchev–Trinajstić information content (AvgIpc) is 2.83. The molecule has 0 spiro atoms. The van der Waals surface area contributed by atoms with E-state index in [0.29, 0.717) is 23.0 Å². The van der Waals surface area contributed by atoms with E-state index in [9.17, 15) is 9.59 Å². The molecule has 0 aliphatic carbocycles. The molecule has 3 aromatic carbocycles. The molecule has 0 radical (unpaired) electrons. The monoisotopic (exact) mass is 489 g/mol. The number of hydrogen-bond acceptors (Lipinski definition) is 4. The van der Waals surface area contributed by atoms with Crippen LogP contribution >= 0.6 is 12.2 Å². The zero-order valence-electron chi connectivity index (χ0n) is 20.2. The fourth-order valence-corrected chi connectivity index (χ4v) is 3.70. The van der Waals surface area contributed by atoms with E-state index >= 15 is 0 Å². The van der Waals surface area contributed by atoms with Gasteiger partial charge in [0.25, 0.3) is 5.91 Å². The van der Waals surface area contributed by atoms with Gasteiger partial charge in [0.2, 0.25) is 5.91 Å². The summed E-state index contributed by atoms with van der Waals surface area (Å²) >= 11 is 5.33.